The Morgan fingerprint density at radius 3 is 2.93 bits per heavy atom. The minimum atomic E-state index is -0.674. The summed E-state index contributed by atoms with van der Waals surface area (Å²) >= 11 is 0. The third-order valence-corrected chi connectivity index (χ3v) is 2.24. The predicted molar refractivity (Wildman–Crippen MR) is 62.7 cm³/mol. The Hall–Kier alpha value is -1.29. The Morgan fingerprint density at radius 2 is 2.33 bits per heavy atom. The van der Waals surface area contributed by atoms with Crippen LogP contribution in [0.25, 0.3) is 0 Å². The van der Waals surface area contributed by atoms with Crippen molar-refractivity contribution in [1.82, 2.24) is 4.98 Å². The molecule has 1 aromatic heterocycles. The lowest BCUT2D eigenvalue weighted by atomic mass is 10.0. The number of aromatic nitrogens is 1. The molecule has 84 valence electrons. The minimum absolute atomic E-state index is 0.482. The highest BCUT2D eigenvalue weighted by Gasteiger charge is 2.18. The number of nitrogens with one attached hydrogen (secondary N) is 1. The van der Waals surface area contributed by atoms with E-state index in [1.807, 2.05) is 13.0 Å². The van der Waals surface area contributed by atoms with Crippen LogP contribution < -0.4 is 11.1 Å². The van der Waals surface area contributed by atoms with Gasteiger partial charge in [-0.05, 0) is 19.4 Å². The Bertz CT molecular complexity index is 312. The van der Waals surface area contributed by atoms with Gasteiger partial charge in [-0.2, -0.15) is 0 Å². The fourth-order valence-electron chi connectivity index (χ4n) is 1.48. The molecule has 0 aliphatic heterocycles. The van der Waals surface area contributed by atoms with Crippen molar-refractivity contribution in [3.8, 4) is 0 Å². The summed E-state index contributed by atoms with van der Waals surface area (Å²) in [7, 11) is 0. The summed E-state index contributed by atoms with van der Waals surface area (Å²) in [5.41, 5.74) is 5.76. The molecule has 4 N–H and O–H groups in total. The maximum absolute atomic E-state index is 9.94. The summed E-state index contributed by atoms with van der Waals surface area (Å²) in [4.78, 5) is 3.90. The standard InChI is InChI=1S/C11H19N3O/c1-3-5-11(2,15)8-14-9-4-6-13-10(12)7-9/h4,6-7,15H,3,5,8H2,1-2H3,(H3,12,13,14). The molecule has 1 atom stereocenters. The van der Waals surface area contributed by atoms with Gasteiger partial charge in [0.05, 0.1) is 5.60 Å². The third kappa shape index (κ3) is 4.16. The molecule has 0 saturated carbocycles. The van der Waals surface area contributed by atoms with Crippen molar-refractivity contribution in [3.05, 3.63) is 18.3 Å². The number of nitrogens with two attached hydrogens (primary N) is 1. The van der Waals surface area contributed by atoms with E-state index in [0.29, 0.717) is 12.4 Å². The van der Waals surface area contributed by atoms with Crippen molar-refractivity contribution >= 4 is 11.5 Å². The first kappa shape index (κ1) is 11.8. The summed E-state index contributed by atoms with van der Waals surface area (Å²) in [5, 5.41) is 13.1. The molecule has 4 nitrogen and oxygen atoms in total. The zero-order valence-electron chi connectivity index (χ0n) is 9.33. The second-order valence-corrected chi connectivity index (χ2v) is 4.07. The molecule has 1 rings (SSSR count). The van der Waals surface area contributed by atoms with Crippen LogP contribution in [0, 0.1) is 0 Å². The van der Waals surface area contributed by atoms with Gasteiger partial charge in [0.15, 0.2) is 0 Å². The second kappa shape index (κ2) is 4.98. The van der Waals surface area contributed by atoms with Crippen LogP contribution in [0.4, 0.5) is 11.5 Å². The number of nitrogen functional groups attached to an aromatic ring is 1. The maximum atomic E-state index is 9.94. The molecule has 0 aliphatic carbocycles. The summed E-state index contributed by atoms with van der Waals surface area (Å²) in [6.45, 7) is 4.40. The van der Waals surface area contributed by atoms with Crippen molar-refractivity contribution in [2.45, 2.75) is 32.3 Å². The molecule has 0 radical (unpaired) electrons. The fourth-order valence-corrected chi connectivity index (χ4v) is 1.48. The second-order valence-electron chi connectivity index (χ2n) is 4.07. The molecule has 0 amide bonds. The Morgan fingerprint density at radius 1 is 1.60 bits per heavy atom. The highest BCUT2D eigenvalue weighted by atomic mass is 16.3. The molecule has 1 aromatic rings. The average molecular weight is 209 g/mol. The maximum Gasteiger partial charge on any atom is 0.125 e. The molecule has 0 aliphatic rings. The highest BCUT2D eigenvalue weighted by molar-refractivity contribution is 5.49. The molecular weight excluding hydrogens is 190 g/mol. The first-order valence-electron chi connectivity index (χ1n) is 5.21. The zero-order valence-corrected chi connectivity index (χ0v) is 9.33. The number of hydrogen-bond donors (Lipinski definition) is 3. The van der Waals surface area contributed by atoms with Crippen LogP contribution in [0.2, 0.25) is 0 Å². The Balaban J connectivity index is 2.49. The topological polar surface area (TPSA) is 71.2 Å². The van der Waals surface area contributed by atoms with Crippen LogP contribution in [0.1, 0.15) is 26.7 Å². The van der Waals surface area contributed by atoms with Gasteiger partial charge in [0.2, 0.25) is 0 Å². The van der Waals surface area contributed by atoms with E-state index in [4.69, 9.17) is 5.73 Å². The number of aliphatic hydroxyl groups is 1. The summed E-state index contributed by atoms with van der Waals surface area (Å²) in [5.74, 6) is 0.482. The van der Waals surface area contributed by atoms with E-state index in [1.54, 1.807) is 12.3 Å². The lowest BCUT2D eigenvalue weighted by Crippen LogP contribution is -2.33. The van der Waals surface area contributed by atoms with Crippen LogP contribution in [0.3, 0.4) is 0 Å². The fraction of sp³-hybridized carbons (Fsp3) is 0.545. The van der Waals surface area contributed by atoms with Gasteiger partial charge in [-0.1, -0.05) is 13.3 Å². The molecule has 4 heteroatoms. The van der Waals surface area contributed by atoms with Gasteiger partial charge in [-0.25, -0.2) is 4.98 Å². The molecule has 0 spiro atoms. The summed E-state index contributed by atoms with van der Waals surface area (Å²) < 4.78 is 0. The Labute approximate surface area is 90.5 Å². The average Bonchev–Trinajstić information content (AvgIpc) is 2.15. The molecule has 15 heavy (non-hydrogen) atoms. The van der Waals surface area contributed by atoms with Gasteiger partial charge in [0.1, 0.15) is 5.82 Å². The molecule has 0 aromatic carbocycles. The van der Waals surface area contributed by atoms with E-state index >= 15 is 0 Å². The van der Waals surface area contributed by atoms with E-state index in [9.17, 15) is 5.11 Å². The van der Waals surface area contributed by atoms with Gasteiger partial charge >= 0.3 is 0 Å². The quantitative estimate of drug-likeness (QED) is 0.689. The van der Waals surface area contributed by atoms with Crippen molar-refractivity contribution in [2.24, 2.45) is 0 Å². The number of hydrogen-bond acceptors (Lipinski definition) is 4. The molecule has 0 saturated heterocycles. The number of nitrogens with zero attached hydrogens (tertiary/aromatic N) is 1. The SMILES string of the molecule is CCCC(C)(O)CNc1ccnc(N)c1. The van der Waals surface area contributed by atoms with Gasteiger partial charge in [-0.15, -0.1) is 0 Å². The minimum Gasteiger partial charge on any atom is -0.388 e. The molecule has 0 bridgehead atoms. The van der Waals surface area contributed by atoms with Gasteiger partial charge in [0.25, 0.3) is 0 Å². The largest absolute Gasteiger partial charge is 0.388 e. The van der Waals surface area contributed by atoms with E-state index in [0.717, 1.165) is 18.5 Å². The number of rotatable bonds is 5. The lowest BCUT2D eigenvalue weighted by Gasteiger charge is -2.23. The van der Waals surface area contributed by atoms with Crippen LogP contribution in [-0.4, -0.2) is 22.2 Å². The van der Waals surface area contributed by atoms with E-state index in [-0.39, 0.29) is 0 Å². The summed E-state index contributed by atoms with van der Waals surface area (Å²) in [6.07, 6.45) is 3.39. The predicted octanol–water partition coefficient (Wildman–Crippen LogP) is 1.63. The zero-order chi connectivity index (χ0) is 11.3. The highest BCUT2D eigenvalue weighted by Crippen LogP contribution is 2.14. The van der Waals surface area contributed by atoms with Crippen LogP contribution in [0.5, 0.6) is 0 Å². The van der Waals surface area contributed by atoms with E-state index in [2.05, 4.69) is 17.2 Å². The Kier molecular flexibility index (Phi) is 3.91. The van der Waals surface area contributed by atoms with Crippen molar-refractivity contribution in [1.29, 1.82) is 0 Å². The lowest BCUT2D eigenvalue weighted by molar-refractivity contribution is 0.0637. The number of pyridine rings is 1. The first-order chi connectivity index (χ1) is 7.03. The number of anilines is 2. The molecule has 0 fully saturated rings. The summed E-state index contributed by atoms with van der Waals surface area (Å²) in [6, 6.07) is 3.58. The van der Waals surface area contributed by atoms with Gasteiger partial charge in [0, 0.05) is 24.5 Å². The molecular formula is C11H19N3O. The van der Waals surface area contributed by atoms with Crippen molar-refractivity contribution in [3.63, 3.8) is 0 Å². The molecule has 1 heterocycles. The van der Waals surface area contributed by atoms with E-state index < -0.39 is 5.60 Å². The molecule has 1 unspecified atom stereocenters. The van der Waals surface area contributed by atoms with Crippen LogP contribution in [0.15, 0.2) is 18.3 Å². The smallest absolute Gasteiger partial charge is 0.125 e. The first-order valence-corrected chi connectivity index (χ1v) is 5.21. The van der Waals surface area contributed by atoms with Crippen molar-refractivity contribution < 1.29 is 5.11 Å². The monoisotopic (exact) mass is 209 g/mol. The normalized spacial score (nSPS) is 14.6. The van der Waals surface area contributed by atoms with E-state index in [1.165, 1.54) is 0 Å². The third-order valence-electron chi connectivity index (χ3n) is 2.24. The van der Waals surface area contributed by atoms with Crippen LogP contribution in [-0.2, 0) is 0 Å². The van der Waals surface area contributed by atoms with Crippen molar-refractivity contribution in [2.75, 3.05) is 17.6 Å². The van der Waals surface area contributed by atoms with Gasteiger partial charge in [-0.3, -0.25) is 0 Å². The van der Waals surface area contributed by atoms with Crippen LogP contribution >= 0.6 is 0 Å². The van der Waals surface area contributed by atoms with Gasteiger partial charge < -0.3 is 16.2 Å².